The van der Waals surface area contributed by atoms with E-state index < -0.39 is 15.9 Å². The molecule has 35 heavy (non-hydrogen) atoms. The van der Waals surface area contributed by atoms with E-state index in [0.29, 0.717) is 5.69 Å². The number of anilines is 1. The van der Waals surface area contributed by atoms with E-state index in [0.717, 1.165) is 31.4 Å². The molecule has 7 nitrogen and oxygen atoms in total. The van der Waals surface area contributed by atoms with E-state index in [9.17, 15) is 13.2 Å². The van der Waals surface area contributed by atoms with Crippen LogP contribution in [0.2, 0.25) is 0 Å². The van der Waals surface area contributed by atoms with Crippen molar-refractivity contribution in [2.24, 2.45) is 0 Å². The molecule has 0 aliphatic rings. The van der Waals surface area contributed by atoms with Gasteiger partial charge in [-0.15, -0.1) is 0 Å². The summed E-state index contributed by atoms with van der Waals surface area (Å²) in [5.74, 6) is 0.479. The molecule has 1 amide bonds. The molecule has 4 aromatic rings. The predicted molar refractivity (Wildman–Crippen MR) is 140 cm³/mol. The SMILES string of the molecule is Cc1ccc(S(=O)(=O)N(CC(=O)NCc2ccc(-n3ccnc3C)cc2)c2ccc(Br)cc2)cc1. The molecular formula is C26H25BrN4O3S. The van der Waals surface area contributed by atoms with Crippen molar-refractivity contribution in [3.8, 4) is 5.69 Å². The summed E-state index contributed by atoms with van der Waals surface area (Å²) in [5.41, 5.74) is 3.23. The van der Waals surface area contributed by atoms with Gasteiger partial charge in [0.05, 0.1) is 10.6 Å². The van der Waals surface area contributed by atoms with E-state index in [1.165, 1.54) is 0 Å². The van der Waals surface area contributed by atoms with Crippen molar-refractivity contribution < 1.29 is 13.2 Å². The maximum absolute atomic E-state index is 13.4. The summed E-state index contributed by atoms with van der Waals surface area (Å²) >= 11 is 3.37. The normalized spacial score (nSPS) is 11.3. The molecule has 0 bridgehead atoms. The minimum Gasteiger partial charge on any atom is -0.350 e. The van der Waals surface area contributed by atoms with Gasteiger partial charge in [-0.3, -0.25) is 9.10 Å². The Balaban J connectivity index is 1.50. The smallest absolute Gasteiger partial charge is 0.264 e. The Hall–Kier alpha value is -3.43. The van der Waals surface area contributed by atoms with Crippen LogP contribution in [0.4, 0.5) is 5.69 Å². The molecule has 0 saturated heterocycles. The van der Waals surface area contributed by atoms with Crippen molar-refractivity contribution in [1.29, 1.82) is 0 Å². The highest BCUT2D eigenvalue weighted by atomic mass is 79.9. The summed E-state index contributed by atoms with van der Waals surface area (Å²) in [6, 6.07) is 21.1. The first-order chi connectivity index (χ1) is 16.7. The second-order valence-corrected chi connectivity index (χ2v) is 10.9. The number of nitrogens with zero attached hydrogens (tertiary/aromatic N) is 3. The Kier molecular flexibility index (Phi) is 7.37. The molecule has 0 unspecified atom stereocenters. The second kappa shape index (κ2) is 10.5. The van der Waals surface area contributed by atoms with Crippen LogP contribution in [0.5, 0.6) is 0 Å². The third kappa shape index (κ3) is 5.80. The number of amides is 1. The van der Waals surface area contributed by atoms with Crippen molar-refractivity contribution >= 4 is 37.5 Å². The standard InChI is InChI=1S/C26H25BrN4O3S/c1-19-3-13-25(14-4-19)35(33,34)31(24-11-7-22(27)8-12-24)18-26(32)29-17-21-5-9-23(10-6-21)30-16-15-28-20(30)2/h3-16H,17-18H2,1-2H3,(H,29,32). The maximum atomic E-state index is 13.4. The number of carbonyl (C=O) groups is 1. The number of hydrogen-bond acceptors (Lipinski definition) is 4. The van der Waals surface area contributed by atoms with Gasteiger partial charge in [0.2, 0.25) is 5.91 Å². The monoisotopic (exact) mass is 552 g/mol. The van der Waals surface area contributed by atoms with Crippen molar-refractivity contribution in [2.45, 2.75) is 25.3 Å². The Morgan fingerprint density at radius 3 is 2.23 bits per heavy atom. The van der Waals surface area contributed by atoms with Crippen LogP contribution in [0.25, 0.3) is 5.69 Å². The van der Waals surface area contributed by atoms with E-state index >= 15 is 0 Å². The fourth-order valence-electron chi connectivity index (χ4n) is 3.57. The maximum Gasteiger partial charge on any atom is 0.264 e. The van der Waals surface area contributed by atoms with Gasteiger partial charge in [0.15, 0.2) is 0 Å². The molecule has 1 N–H and O–H groups in total. The molecule has 0 saturated carbocycles. The van der Waals surface area contributed by atoms with Gasteiger partial charge in [-0.2, -0.15) is 0 Å². The number of aryl methyl sites for hydroxylation is 2. The summed E-state index contributed by atoms with van der Waals surface area (Å²) < 4.78 is 30.8. The molecule has 4 rings (SSSR count). The number of nitrogens with one attached hydrogen (secondary N) is 1. The molecular weight excluding hydrogens is 528 g/mol. The second-order valence-electron chi connectivity index (χ2n) is 8.09. The Labute approximate surface area is 213 Å². The number of sulfonamides is 1. The predicted octanol–water partition coefficient (Wildman–Crippen LogP) is 4.76. The molecule has 1 aromatic heterocycles. The van der Waals surface area contributed by atoms with E-state index in [-0.39, 0.29) is 18.0 Å². The molecule has 0 atom stereocenters. The van der Waals surface area contributed by atoms with Crippen molar-refractivity contribution in [2.75, 3.05) is 10.8 Å². The molecule has 9 heteroatoms. The van der Waals surface area contributed by atoms with E-state index in [1.54, 1.807) is 54.7 Å². The van der Waals surface area contributed by atoms with Crippen molar-refractivity contribution in [3.05, 3.63) is 107 Å². The quantitative estimate of drug-likeness (QED) is 0.341. The van der Waals surface area contributed by atoms with Crippen LogP contribution in [0.3, 0.4) is 0 Å². The first kappa shape index (κ1) is 24.7. The summed E-state index contributed by atoms with van der Waals surface area (Å²) in [6.07, 6.45) is 3.63. The molecule has 0 aliphatic carbocycles. The zero-order valence-corrected chi connectivity index (χ0v) is 21.8. The lowest BCUT2D eigenvalue weighted by atomic mass is 10.2. The molecule has 0 spiro atoms. The Morgan fingerprint density at radius 2 is 1.63 bits per heavy atom. The largest absolute Gasteiger partial charge is 0.350 e. The van der Waals surface area contributed by atoms with Gasteiger partial charge < -0.3 is 9.88 Å². The fourth-order valence-corrected chi connectivity index (χ4v) is 5.26. The molecule has 3 aromatic carbocycles. The highest BCUT2D eigenvalue weighted by Crippen LogP contribution is 2.25. The zero-order chi connectivity index (χ0) is 25.0. The fraction of sp³-hybridized carbons (Fsp3) is 0.154. The minimum atomic E-state index is -3.95. The molecule has 0 radical (unpaired) electrons. The van der Waals surface area contributed by atoms with Crippen LogP contribution in [-0.2, 0) is 21.4 Å². The van der Waals surface area contributed by atoms with Gasteiger partial charge in [0, 0.05) is 29.1 Å². The number of rotatable bonds is 8. The minimum absolute atomic E-state index is 0.129. The number of halogens is 1. The summed E-state index contributed by atoms with van der Waals surface area (Å²) in [4.78, 5) is 17.2. The number of hydrogen-bond donors (Lipinski definition) is 1. The van der Waals surface area contributed by atoms with Gasteiger partial charge in [-0.05, 0) is 67.9 Å². The summed E-state index contributed by atoms with van der Waals surface area (Å²) in [6.45, 7) is 3.75. The van der Waals surface area contributed by atoms with Gasteiger partial charge in [0.1, 0.15) is 12.4 Å². The van der Waals surface area contributed by atoms with E-state index in [1.807, 2.05) is 48.9 Å². The van der Waals surface area contributed by atoms with Crippen LogP contribution < -0.4 is 9.62 Å². The molecule has 0 fully saturated rings. The van der Waals surface area contributed by atoms with Gasteiger partial charge in [-0.1, -0.05) is 45.8 Å². The third-order valence-electron chi connectivity index (χ3n) is 5.54. The van der Waals surface area contributed by atoms with Crippen LogP contribution in [0.15, 0.2) is 94.6 Å². The van der Waals surface area contributed by atoms with E-state index in [2.05, 4.69) is 26.2 Å². The van der Waals surface area contributed by atoms with Crippen molar-refractivity contribution in [1.82, 2.24) is 14.9 Å². The highest BCUT2D eigenvalue weighted by Gasteiger charge is 2.27. The third-order valence-corrected chi connectivity index (χ3v) is 7.86. The van der Waals surface area contributed by atoms with Gasteiger partial charge in [-0.25, -0.2) is 13.4 Å². The Bertz CT molecular complexity index is 1410. The zero-order valence-electron chi connectivity index (χ0n) is 19.3. The first-order valence-corrected chi connectivity index (χ1v) is 13.2. The average Bonchev–Trinajstić information content (AvgIpc) is 3.28. The van der Waals surface area contributed by atoms with Crippen LogP contribution >= 0.6 is 15.9 Å². The Morgan fingerprint density at radius 1 is 0.971 bits per heavy atom. The summed E-state index contributed by atoms with van der Waals surface area (Å²) in [5, 5.41) is 2.84. The van der Waals surface area contributed by atoms with Gasteiger partial charge >= 0.3 is 0 Å². The summed E-state index contributed by atoms with van der Waals surface area (Å²) in [7, 11) is -3.95. The van der Waals surface area contributed by atoms with E-state index in [4.69, 9.17) is 0 Å². The number of benzene rings is 3. The molecule has 180 valence electrons. The van der Waals surface area contributed by atoms with Gasteiger partial charge in [0.25, 0.3) is 10.0 Å². The lowest BCUT2D eigenvalue weighted by molar-refractivity contribution is -0.119. The van der Waals surface area contributed by atoms with Crippen LogP contribution in [0, 0.1) is 13.8 Å². The highest BCUT2D eigenvalue weighted by molar-refractivity contribution is 9.10. The topological polar surface area (TPSA) is 84.3 Å². The number of carbonyl (C=O) groups excluding carboxylic acids is 1. The van der Waals surface area contributed by atoms with Crippen molar-refractivity contribution in [3.63, 3.8) is 0 Å². The molecule has 0 aliphatic heterocycles. The number of imidazole rings is 1. The van der Waals surface area contributed by atoms with Crippen LogP contribution in [0.1, 0.15) is 17.0 Å². The lowest BCUT2D eigenvalue weighted by Gasteiger charge is -2.24. The first-order valence-electron chi connectivity index (χ1n) is 10.9. The number of aromatic nitrogens is 2. The van der Waals surface area contributed by atoms with Crippen LogP contribution in [-0.4, -0.2) is 30.4 Å². The average molecular weight is 553 g/mol. The molecule has 1 heterocycles. The lowest BCUT2D eigenvalue weighted by Crippen LogP contribution is -2.40.